The molecule has 0 saturated carbocycles. The fraction of sp³-hybridized carbons (Fsp3) is 0.0833. The van der Waals surface area contributed by atoms with Gasteiger partial charge in [0, 0.05) is 10.7 Å². The summed E-state index contributed by atoms with van der Waals surface area (Å²) in [5, 5.41) is 12.7. The van der Waals surface area contributed by atoms with Crippen LogP contribution in [0.2, 0.25) is 5.02 Å². The van der Waals surface area contributed by atoms with Gasteiger partial charge in [0.1, 0.15) is 29.8 Å². The predicted octanol–water partition coefficient (Wildman–Crippen LogP) is 6.67. The average Bonchev–Trinajstić information content (AvgIpc) is 2.75. The van der Waals surface area contributed by atoms with E-state index < -0.39 is 5.91 Å². The molecule has 0 heterocycles. The van der Waals surface area contributed by atoms with E-state index >= 15 is 0 Å². The van der Waals surface area contributed by atoms with Gasteiger partial charge in [0.05, 0.1) is 4.47 Å². The molecule has 0 aromatic heterocycles. The molecular weight excluding hydrogens is 483 g/mol. The number of carbonyl (C=O) groups is 1. The molecular formula is C24H17BrClFN2O2. The topological polar surface area (TPSA) is 62.1 Å². The van der Waals surface area contributed by atoms with Crippen LogP contribution in [0.5, 0.6) is 5.75 Å². The molecule has 0 aliphatic heterocycles. The Balaban J connectivity index is 1.72. The molecule has 0 atom stereocenters. The van der Waals surface area contributed by atoms with Gasteiger partial charge in [-0.1, -0.05) is 35.9 Å². The lowest BCUT2D eigenvalue weighted by atomic mass is 10.1. The number of nitrogens with zero attached hydrogens (tertiary/aromatic N) is 1. The summed E-state index contributed by atoms with van der Waals surface area (Å²) in [6.45, 7) is 2.06. The van der Waals surface area contributed by atoms with Crippen LogP contribution in [-0.2, 0) is 11.4 Å². The summed E-state index contributed by atoms with van der Waals surface area (Å²) in [5.74, 6) is -0.247. The zero-order valence-corrected chi connectivity index (χ0v) is 18.8. The first-order valence-electron chi connectivity index (χ1n) is 9.22. The molecule has 0 saturated heterocycles. The van der Waals surface area contributed by atoms with Gasteiger partial charge in [-0.3, -0.25) is 4.79 Å². The van der Waals surface area contributed by atoms with E-state index in [4.69, 9.17) is 16.3 Å². The third kappa shape index (κ3) is 5.94. The largest absolute Gasteiger partial charge is 0.488 e. The zero-order valence-electron chi connectivity index (χ0n) is 16.5. The number of benzene rings is 3. The molecule has 3 aromatic rings. The molecule has 1 amide bonds. The SMILES string of the molecule is Cc1c(Cl)cccc1NC(=O)/C(C#N)=C/c1ccc(OCc2ccc(F)cc2)c(Br)c1. The number of nitriles is 1. The molecule has 31 heavy (non-hydrogen) atoms. The molecule has 7 heteroatoms. The Bertz CT molecular complexity index is 1190. The van der Waals surface area contributed by atoms with Crippen molar-refractivity contribution in [1.29, 1.82) is 5.26 Å². The number of halogens is 3. The van der Waals surface area contributed by atoms with Crippen molar-refractivity contribution in [3.63, 3.8) is 0 Å². The fourth-order valence-electron chi connectivity index (χ4n) is 2.71. The minimum Gasteiger partial charge on any atom is -0.488 e. The van der Waals surface area contributed by atoms with Gasteiger partial charge in [-0.15, -0.1) is 0 Å². The highest BCUT2D eigenvalue weighted by Crippen LogP contribution is 2.28. The molecule has 3 aromatic carbocycles. The summed E-state index contributed by atoms with van der Waals surface area (Å²) >= 11 is 9.52. The van der Waals surface area contributed by atoms with Crippen LogP contribution in [0.4, 0.5) is 10.1 Å². The van der Waals surface area contributed by atoms with Gasteiger partial charge < -0.3 is 10.1 Å². The van der Waals surface area contributed by atoms with Crippen molar-refractivity contribution in [2.45, 2.75) is 13.5 Å². The summed E-state index contributed by atoms with van der Waals surface area (Å²) in [6, 6.07) is 18.4. The number of anilines is 1. The Kier molecular flexibility index (Phi) is 7.45. The second kappa shape index (κ2) is 10.3. The van der Waals surface area contributed by atoms with Gasteiger partial charge in [-0.25, -0.2) is 4.39 Å². The first kappa shape index (κ1) is 22.5. The monoisotopic (exact) mass is 498 g/mol. The van der Waals surface area contributed by atoms with Crippen LogP contribution in [0.3, 0.4) is 0 Å². The number of nitrogens with one attached hydrogen (secondary N) is 1. The lowest BCUT2D eigenvalue weighted by molar-refractivity contribution is -0.112. The van der Waals surface area contributed by atoms with Crippen molar-refractivity contribution < 1.29 is 13.9 Å². The molecule has 1 N–H and O–H groups in total. The van der Waals surface area contributed by atoms with Crippen LogP contribution in [-0.4, -0.2) is 5.91 Å². The Hall–Kier alpha value is -3.14. The molecule has 0 bridgehead atoms. The van der Waals surface area contributed by atoms with Gasteiger partial charge in [0.25, 0.3) is 5.91 Å². The van der Waals surface area contributed by atoms with Crippen molar-refractivity contribution in [1.82, 2.24) is 0 Å². The van der Waals surface area contributed by atoms with Crippen LogP contribution < -0.4 is 10.1 Å². The van der Waals surface area contributed by atoms with Crippen molar-refractivity contribution in [2.75, 3.05) is 5.32 Å². The van der Waals surface area contributed by atoms with Gasteiger partial charge in [0.15, 0.2) is 0 Å². The molecule has 4 nitrogen and oxygen atoms in total. The second-order valence-electron chi connectivity index (χ2n) is 6.64. The highest BCUT2D eigenvalue weighted by molar-refractivity contribution is 9.10. The van der Waals surface area contributed by atoms with Crippen molar-refractivity contribution in [2.24, 2.45) is 0 Å². The Morgan fingerprint density at radius 2 is 1.97 bits per heavy atom. The van der Waals surface area contributed by atoms with E-state index in [0.717, 1.165) is 11.1 Å². The smallest absolute Gasteiger partial charge is 0.266 e. The van der Waals surface area contributed by atoms with Crippen LogP contribution >= 0.6 is 27.5 Å². The average molecular weight is 500 g/mol. The summed E-state index contributed by atoms with van der Waals surface area (Å²) in [7, 11) is 0. The standard InChI is InChI=1S/C24H17BrClFN2O2/c1-15-21(26)3-2-4-22(15)29-24(30)18(13-28)11-17-7-10-23(20(25)12-17)31-14-16-5-8-19(27)9-6-16/h2-12H,14H2,1H3,(H,29,30)/b18-11+. The maximum Gasteiger partial charge on any atom is 0.266 e. The number of hydrogen-bond acceptors (Lipinski definition) is 3. The van der Waals surface area contributed by atoms with E-state index in [1.54, 1.807) is 55.5 Å². The van der Waals surface area contributed by atoms with E-state index in [0.29, 0.717) is 26.5 Å². The Labute approximate surface area is 193 Å². The molecule has 0 aliphatic carbocycles. The summed E-state index contributed by atoms with van der Waals surface area (Å²) in [6.07, 6.45) is 1.49. The summed E-state index contributed by atoms with van der Waals surface area (Å²) in [4.78, 5) is 12.5. The Morgan fingerprint density at radius 3 is 2.65 bits per heavy atom. The minimum absolute atomic E-state index is 0.0498. The lowest BCUT2D eigenvalue weighted by Gasteiger charge is -2.10. The molecule has 0 spiro atoms. The van der Waals surface area contributed by atoms with Crippen LogP contribution in [0.1, 0.15) is 16.7 Å². The maximum absolute atomic E-state index is 13.0. The summed E-state index contributed by atoms with van der Waals surface area (Å²) in [5.41, 5.74) is 2.70. The third-order valence-corrected chi connectivity index (χ3v) is 5.48. The molecule has 0 radical (unpaired) electrons. The predicted molar refractivity (Wildman–Crippen MR) is 123 cm³/mol. The highest BCUT2D eigenvalue weighted by atomic mass is 79.9. The van der Waals surface area contributed by atoms with Crippen LogP contribution in [0.15, 0.2) is 70.7 Å². The number of rotatable bonds is 6. The maximum atomic E-state index is 13.0. The van der Waals surface area contributed by atoms with Gasteiger partial charge in [-0.05, 0) is 82.0 Å². The quantitative estimate of drug-likeness (QED) is 0.304. The fourth-order valence-corrected chi connectivity index (χ4v) is 3.40. The molecule has 156 valence electrons. The molecule has 3 rings (SSSR count). The van der Waals surface area contributed by atoms with E-state index in [2.05, 4.69) is 21.2 Å². The number of hydrogen-bond donors (Lipinski definition) is 1. The number of carbonyl (C=O) groups excluding carboxylic acids is 1. The molecule has 0 fully saturated rings. The van der Waals surface area contributed by atoms with Gasteiger partial charge >= 0.3 is 0 Å². The number of amides is 1. The first-order valence-corrected chi connectivity index (χ1v) is 10.4. The van der Waals surface area contributed by atoms with E-state index in [9.17, 15) is 14.4 Å². The van der Waals surface area contributed by atoms with Gasteiger partial charge in [0.2, 0.25) is 0 Å². The Morgan fingerprint density at radius 1 is 1.23 bits per heavy atom. The molecule has 0 unspecified atom stereocenters. The molecule has 0 aliphatic rings. The van der Waals surface area contributed by atoms with Crippen LogP contribution in [0.25, 0.3) is 6.08 Å². The zero-order chi connectivity index (χ0) is 22.4. The van der Waals surface area contributed by atoms with Crippen molar-refractivity contribution >= 4 is 45.2 Å². The normalized spacial score (nSPS) is 11.0. The van der Waals surface area contributed by atoms with Gasteiger partial charge in [-0.2, -0.15) is 5.26 Å². The highest BCUT2D eigenvalue weighted by Gasteiger charge is 2.12. The summed E-state index contributed by atoms with van der Waals surface area (Å²) < 4.78 is 19.4. The van der Waals surface area contributed by atoms with E-state index in [1.165, 1.54) is 18.2 Å². The number of ether oxygens (including phenoxy) is 1. The minimum atomic E-state index is -0.527. The lowest BCUT2D eigenvalue weighted by Crippen LogP contribution is -2.14. The van der Waals surface area contributed by atoms with E-state index in [1.807, 2.05) is 6.07 Å². The van der Waals surface area contributed by atoms with E-state index in [-0.39, 0.29) is 18.0 Å². The van der Waals surface area contributed by atoms with Crippen molar-refractivity contribution in [3.8, 4) is 11.8 Å². The van der Waals surface area contributed by atoms with Crippen molar-refractivity contribution in [3.05, 3.63) is 98.2 Å². The second-order valence-corrected chi connectivity index (χ2v) is 7.90. The third-order valence-electron chi connectivity index (χ3n) is 4.46. The van der Waals surface area contributed by atoms with Crippen LogP contribution in [0, 0.1) is 24.1 Å². The first-order chi connectivity index (χ1) is 14.9.